The van der Waals surface area contributed by atoms with Gasteiger partial charge in [-0.1, -0.05) is 34.1 Å². The minimum Gasteiger partial charge on any atom is -0.488 e. The number of amides is 2. The lowest BCUT2D eigenvalue weighted by Crippen LogP contribution is -2.40. The highest BCUT2D eigenvalue weighted by Crippen LogP contribution is 2.42. The number of aromatic nitrogens is 2. The fraction of sp³-hybridized carbons (Fsp3) is 0.261. The van der Waals surface area contributed by atoms with Crippen molar-refractivity contribution in [2.45, 2.75) is 20.0 Å². The van der Waals surface area contributed by atoms with E-state index in [2.05, 4.69) is 26.3 Å². The number of anilines is 1. The van der Waals surface area contributed by atoms with Gasteiger partial charge in [0.15, 0.2) is 5.82 Å². The molecule has 1 aliphatic rings. The Labute approximate surface area is 193 Å². The molecule has 2 heterocycles. The Balaban J connectivity index is 1.72. The second-order valence-electron chi connectivity index (χ2n) is 7.50. The fourth-order valence-corrected chi connectivity index (χ4v) is 4.16. The summed E-state index contributed by atoms with van der Waals surface area (Å²) in [6, 6.07) is 11.9. The molecule has 0 bridgehead atoms. The van der Waals surface area contributed by atoms with E-state index in [1.54, 1.807) is 22.9 Å². The largest absolute Gasteiger partial charge is 0.488 e. The smallest absolute Gasteiger partial charge is 0.232 e. The van der Waals surface area contributed by atoms with Crippen LogP contribution in [0.5, 0.6) is 5.75 Å². The Hall–Kier alpha value is -3.20. The summed E-state index contributed by atoms with van der Waals surface area (Å²) in [6.45, 7) is 2.10. The summed E-state index contributed by atoms with van der Waals surface area (Å²) < 4.78 is 22.7. The van der Waals surface area contributed by atoms with E-state index < -0.39 is 5.82 Å². The number of carbonyl (C=O) groups excluding carboxylic acids is 2. The maximum atomic E-state index is 14.2. The first kappa shape index (κ1) is 22.0. The number of hydrogen-bond acceptors (Lipinski definition) is 4. The first-order valence-corrected chi connectivity index (χ1v) is 10.9. The van der Waals surface area contributed by atoms with Crippen LogP contribution in [0, 0.1) is 5.82 Å². The van der Waals surface area contributed by atoms with E-state index in [0.29, 0.717) is 11.4 Å². The SMILES string of the molecule is CC(=O)NCCN(C(=O)Cc1ccccc1F)c1nn(C)c2c1COc1ccc(Br)cc1-2. The molecule has 2 aromatic carbocycles. The molecule has 0 atom stereocenters. The zero-order chi connectivity index (χ0) is 22.8. The first-order chi connectivity index (χ1) is 15.3. The van der Waals surface area contributed by atoms with Gasteiger partial charge in [0, 0.05) is 37.1 Å². The summed E-state index contributed by atoms with van der Waals surface area (Å²) in [6.07, 6.45) is -0.124. The molecule has 1 aliphatic heterocycles. The maximum absolute atomic E-state index is 14.2. The van der Waals surface area contributed by atoms with Gasteiger partial charge in [-0.3, -0.25) is 19.2 Å². The van der Waals surface area contributed by atoms with Gasteiger partial charge < -0.3 is 10.1 Å². The average Bonchev–Trinajstić information content (AvgIpc) is 3.09. The van der Waals surface area contributed by atoms with Gasteiger partial charge in [-0.15, -0.1) is 0 Å². The molecule has 7 nitrogen and oxygen atoms in total. The summed E-state index contributed by atoms with van der Waals surface area (Å²) in [5.74, 6) is 0.225. The quantitative estimate of drug-likeness (QED) is 0.560. The van der Waals surface area contributed by atoms with Crippen LogP contribution in [-0.2, 0) is 29.7 Å². The molecule has 1 N–H and O–H groups in total. The van der Waals surface area contributed by atoms with Gasteiger partial charge in [0.05, 0.1) is 17.7 Å². The van der Waals surface area contributed by atoms with Gasteiger partial charge in [0.2, 0.25) is 11.8 Å². The summed E-state index contributed by atoms with van der Waals surface area (Å²) in [4.78, 5) is 26.1. The standard InChI is InChI=1S/C23H22BrFN4O3/c1-14(30)26-9-10-29(21(31)11-15-5-3-4-6-19(15)25)23-18-13-32-20-8-7-16(24)12-17(20)22(18)28(2)27-23/h3-8,12H,9-11,13H2,1-2H3,(H,26,30). The zero-order valence-corrected chi connectivity index (χ0v) is 19.3. The Morgan fingerprint density at radius 2 is 2.06 bits per heavy atom. The molecule has 0 radical (unpaired) electrons. The average molecular weight is 501 g/mol. The van der Waals surface area contributed by atoms with Gasteiger partial charge in [0.1, 0.15) is 18.2 Å². The molecular formula is C23H22BrFN4O3. The first-order valence-electron chi connectivity index (χ1n) is 10.1. The molecule has 2 amide bonds. The molecule has 32 heavy (non-hydrogen) atoms. The lowest BCUT2D eigenvalue weighted by molar-refractivity contribution is -0.120. The minimum atomic E-state index is -0.437. The lowest BCUT2D eigenvalue weighted by atomic mass is 10.0. The molecular weight excluding hydrogens is 479 g/mol. The molecule has 166 valence electrons. The van der Waals surface area contributed by atoms with Crippen molar-refractivity contribution < 1.29 is 18.7 Å². The third-order valence-electron chi connectivity index (χ3n) is 5.26. The molecule has 0 fully saturated rings. The van der Waals surface area contributed by atoms with E-state index in [-0.39, 0.29) is 37.9 Å². The van der Waals surface area contributed by atoms with E-state index in [1.807, 2.05) is 25.2 Å². The molecule has 0 saturated carbocycles. The normalized spacial score (nSPS) is 11.9. The van der Waals surface area contributed by atoms with Crippen LogP contribution in [0.4, 0.5) is 10.2 Å². The number of halogens is 2. The second-order valence-corrected chi connectivity index (χ2v) is 8.42. The van der Waals surface area contributed by atoms with Gasteiger partial charge in [-0.25, -0.2) is 4.39 Å². The molecule has 0 saturated heterocycles. The van der Waals surface area contributed by atoms with E-state index in [9.17, 15) is 14.0 Å². The van der Waals surface area contributed by atoms with Gasteiger partial charge in [-0.05, 0) is 29.8 Å². The molecule has 9 heteroatoms. The van der Waals surface area contributed by atoms with Crippen LogP contribution < -0.4 is 15.0 Å². The van der Waals surface area contributed by atoms with Crippen LogP contribution in [-0.4, -0.2) is 34.7 Å². The Kier molecular flexibility index (Phi) is 6.27. The number of hydrogen-bond donors (Lipinski definition) is 1. The molecule has 0 aliphatic carbocycles. The number of benzene rings is 2. The number of nitrogens with zero attached hydrogens (tertiary/aromatic N) is 3. The van der Waals surface area contributed by atoms with Crippen molar-refractivity contribution in [2.24, 2.45) is 7.05 Å². The van der Waals surface area contributed by atoms with E-state index in [0.717, 1.165) is 27.0 Å². The summed E-state index contributed by atoms with van der Waals surface area (Å²) in [5.41, 5.74) is 2.79. The molecule has 0 spiro atoms. The highest BCUT2D eigenvalue weighted by molar-refractivity contribution is 9.10. The van der Waals surface area contributed by atoms with Crippen LogP contribution in [0.3, 0.4) is 0 Å². The molecule has 4 rings (SSSR count). The van der Waals surface area contributed by atoms with Crippen LogP contribution in [0.15, 0.2) is 46.9 Å². The van der Waals surface area contributed by atoms with Crippen molar-refractivity contribution in [2.75, 3.05) is 18.0 Å². The van der Waals surface area contributed by atoms with Gasteiger partial charge in [0.25, 0.3) is 0 Å². The van der Waals surface area contributed by atoms with Gasteiger partial charge >= 0.3 is 0 Å². The Morgan fingerprint density at radius 3 is 2.81 bits per heavy atom. The lowest BCUT2D eigenvalue weighted by Gasteiger charge is -2.24. The second kappa shape index (κ2) is 9.12. The van der Waals surface area contributed by atoms with Crippen molar-refractivity contribution >= 4 is 33.6 Å². The molecule has 0 unspecified atom stereocenters. The predicted molar refractivity (Wildman–Crippen MR) is 122 cm³/mol. The topological polar surface area (TPSA) is 76.5 Å². The van der Waals surface area contributed by atoms with Crippen LogP contribution >= 0.6 is 15.9 Å². The summed E-state index contributed by atoms with van der Waals surface area (Å²) >= 11 is 3.49. The number of aryl methyl sites for hydroxylation is 1. The Morgan fingerprint density at radius 1 is 1.28 bits per heavy atom. The Bertz CT molecular complexity index is 1190. The van der Waals surface area contributed by atoms with Crippen LogP contribution in [0.25, 0.3) is 11.3 Å². The highest BCUT2D eigenvalue weighted by Gasteiger charge is 2.30. The fourth-order valence-electron chi connectivity index (χ4n) is 3.80. The zero-order valence-electron chi connectivity index (χ0n) is 17.7. The van der Waals surface area contributed by atoms with Crippen molar-refractivity contribution in [3.05, 3.63) is 63.9 Å². The minimum absolute atomic E-state index is 0.124. The molecule has 1 aromatic heterocycles. The third-order valence-corrected chi connectivity index (χ3v) is 5.75. The number of carbonyl (C=O) groups is 2. The van der Waals surface area contributed by atoms with Crippen molar-refractivity contribution in [1.82, 2.24) is 15.1 Å². The third kappa shape index (κ3) is 4.38. The molecule has 3 aromatic rings. The number of rotatable bonds is 6. The number of ether oxygens (including phenoxy) is 1. The van der Waals surface area contributed by atoms with E-state index in [4.69, 9.17) is 4.74 Å². The summed E-state index contributed by atoms with van der Waals surface area (Å²) in [7, 11) is 1.81. The van der Waals surface area contributed by atoms with Crippen molar-refractivity contribution in [3.63, 3.8) is 0 Å². The van der Waals surface area contributed by atoms with Crippen molar-refractivity contribution in [1.29, 1.82) is 0 Å². The summed E-state index contributed by atoms with van der Waals surface area (Å²) in [5, 5.41) is 7.33. The monoisotopic (exact) mass is 500 g/mol. The van der Waals surface area contributed by atoms with E-state index in [1.165, 1.54) is 17.9 Å². The van der Waals surface area contributed by atoms with Gasteiger partial charge in [-0.2, -0.15) is 5.10 Å². The van der Waals surface area contributed by atoms with Crippen LogP contribution in [0.1, 0.15) is 18.1 Å². The van der Waals surface area contributed by atoms with Crippen LogP contribution in [0.2, 0.25) is 0 Å². The predicted octanol–water partition coefficient (Wildman–Crippen LogP) is 3.59. The number of fused-ring (bicyclic) bond motifs is 3. The van der Waals surface area contributed by atoms with E-state index >= 15 is 0 Å². The van der Waals surface area contributed by atoms with Crippen molar-refractivity contribution in [3.8, 4) is 17.0 Å². The highest BCUT2D eigenvalue weighted by atomic mass is 79.9. The maximum Gasteiger partial charge on any atom is 0.232 e. The number of nitrogens with one attached hydrogen (secondary N) is 1.